The minimum absolute atomic E-state index is 0. The molecule has 1 aliphatic carbocycles. The van der Waals surface area contributed by atoms with E-state index in [-0.39, 0.29) is 38.2 Å². The van der Waals surface area contributed by atoms with Gasteiger partial charge in [0.25, 0.3) is 0 Å². The molecule has 2 amide bonds. The van der Waals surface area contributed by atoms with E-state index in [9.17, 15) is 9.59 Å². The number of hydrogen-bond acceptors (Lipinski definition) is 2. The van der Waals surface area contributed by atoms with Crippen molar-refractivity contribution < 1.29 is 30.0 Å². The van der Waals surface area contributed by atoms with Gasteiger partial charge in [0.1, 0.15) is 0 Å². The van der Waals surface area contributed by atoms with Gasteiger partial charge in [-0.1, -0.05) is 34.1 Å². The fourth-order valence-corrected chi connectivity index (χ4v) is 2.34. The van der Waals surface area contributed by atoms with Crippen molar-refractivity contribution >= 4 is 11.8 Å². The normalized spacial score (nSPS) is 21.1. The molecule has 117 valence electrons. The summed E-state index contributed by atoms with van der Waals surface area (Å²) in [4.78, 5) is 23.0. The van der Waals surface area contributed by atoms with E-state index in [1.807, 2.05) is 32.9 Å². The first-order chi connectivity index (χ1) is 9.60. The van der Waals surface area contributed by atoms with Crippen LogP contribution >= 0.6 is 0 Å². The fourth-order valence-electron chi connectivity index (χ4n) is 2.34. The SMILES string of the molecule is CC.CCC1=C[C-](C)C=C(C2CCC(=O)NC2=O)C=C1.[Re]. The Morgan fingerprint density at radius 3 is 2.48 bits per heavy atom. The van der Waals surface area contributed by atoms with Gasteiger partial charge in [-0.2, -0.15) is 18.1 Å². The van der Waals surface area contributed by atoms with Crippen molar-refractivity contribution in [2.75, 3.05) is 0 Å². The van der Waals surface area contributed by atoms with Gasteiger partial charge in [0.15, 0.2) is 0 Å². The average Bonchev–Trinajstić information content (AvgIpc) is 2.62. The molecule has 2 rings (SSSR count). The molecule has 0 bridgehead atoms. The second-order valence-electron chi connectivity index (χ2n) is 4.80. The first-order valence-corrected chi connectivity index (χ1v) is 7.37. The number of carbonyl (C=O) groups is 2. The van der Waals surface area contributed by atoms with Crippen molar-refractivity contribution in [3.8, 4) is 0 Å². The number of imide groups is 1. The zero-order chi connectivity index (χ0) is 15.1. The molecule has 1 fully saturated rings. The van der Waals surface area contributed by atoms with Crippen LogP contribution in [0.25, 0.3) is 0 Å². The Kier molecular flexibility index (Phi) is 9.25. The van der Waals surface area contributed by atoms with Crippen molar-refractivity contribution in [2.24, 2.45) is 5.92 Å². The van der Waals surface area contributed by atoms with Gasteiger partial charge < -0.3 is 0 Å². The molecule has 0 spiro atoms. The third-order valence-corrected chi connectivity index (χ3v) is 3.35. The van der Waals surface area contributed by atoms with E-state index in [0.29, 0.717) is 12.8 Å². The first-order valence-electron chi connectivity index (χ1n) is 7.37. The van der Waals surface area contributed by atoms with Crippen molar-refractivity contribution in [1.82, 2.24) is 5.32 Å². The monoisotopic (exact) mass is 461 g/mol. The van der Waals surface area contributed by atoms with Crippen LogP contribution < -0.4 is 5.32 Å². The number of carbonyl (C=O) groups excluding carboxylic acids is 2. The Morgan fingerprint density at radius 2 is 1.90 bits per heavy atom. The summed E-state index contributed by atoms with van der Waals surface area (Å²) < 4.78 is 0. The molecule has 4 heteroatoms. The fraction of sp³-hybridized carbons (Fsp3) is 0.471. The van der Waals surface area contributed by atoms with Gasteiger partial charge >= 0.3 is 0 Å². The standard InChI is InChI=1S/C15H18NO2.C2H6.Re/c1-3-11-4-5-12(9-10(2)8-11)13-6-7-14(17)16-15(13)18;1-2;/h4-5,8-9,13H,3,6-7H2,1-2H3,(H,16,17,18);1-2H3;/q-1;;. The number of nitrogens with one attached hydrogen (secondary N) is 1. The molecule has 1 saturated heterocycles. The van der Waals surface area contributed by atoms with E-state index >= 15 is 0 Å². The summed E-state index contributed by atoms with van der Waals surface area (Å²) in [5, 5.41) is 2.41. The summed E-state index contributed by atoms with van der Waals surface area (Å²) in [6.45, 7) is 8.15. The molecule has 1 heterocycles. The minimum atomic E-state index is -0.196. The Labute approximate surface area is 141 Å². The average molecular weight is 461 g/mol. The summed E-state index contributed by atoms with van der Waals surface area (Å²) in [6.07, 6.45) is 10.3. The smallest absolute Gasteiger partial charge is 0.226 e. The molecule has 0 aromatic rings. The van der Waals surface area contributed by atoms with Gasteiger partial charge in [-0.15, -0.1) is 23.3 Å². The van der Waals surface area contributed by atoms with Gasteiger partial charge in [0.2, 0.25) is 11.8 Å². The summed E-state index contributed by atoms with van der Waals surface area (Å²) in [5.74, 6) is 0.618. The van der Waals surface area contributed by atoms with E-state index in [0.717, 1.165) is 17.9 Å². The number of amides is 2. The molecule has 0 aromatic heterocycles. The summed E-state index contributed by atoms with van der Waals surface area (Å²) in [5.41, 5.74) is 2.25. The van der Waals surface area contributed by atoms with E-state index in [1.54, 1.807) is 0 Å². The predicted molar refractivity (Wildman–Crippen MR) is 81.7 cm³/mol. The minimum Gasteiger partial charge on any atom is -0.297 e. The second kappa shape index (κ2) is 9.76. The topological polar surface area (TPSA) is 46.2 Å². The van der Waals surface area contributed by atoms with E-state index in [1.165, 1.54) is 5.57 Å². The maximum absolute atomic E-state index is 11.8. The molecule has 1 atom stereocenters. The summed E-state index contributed by atoms with van der Waals surface area (Å²) >= 11 is 0. The summed E-state index contributed by atoms with van der Waals surface area (Å²) in [7, 11) is 0. The van der Waals surface area contributed by atoms with Crippen molar-refractivity contribution in [2.45, 2.75) is 47.0 Å². The largest absolute Gasteiger partial charge is 0.297 e. The van der Waals surface area contributed by atoms with E-state index < -0.39 is 0 Å². The molecule has 0 saturated carbocycles. The second-order valence-corrected chi connectivity index (χ2v) is 4.80. The Balaban J connectivity index is 0.00000128. The predicted octanol–water partition coefficient (Wildman–Crippen LogP) is 3.49. The number of hydrogen-bond donors (Lipinski definition) is 1. The molecule has 1 aliphatic heterocycles. The van der Waals surface area contributed by atoms with Crippen LogP contribution in [0.1, 0.15) is 47.0 Å². The zero-order valence-electron chi connectivity index (χ0n) is 13.2. The number of allylic oxidation sites excluding steroid dienone is 5. The van der Waals surface area contributed by atoms with Crippen molar-refractivity contribution in [3.63, 3.8) is 0 Å². The molecule has 3 nitrogen and oxygen atoms in total. The van der Waals surface area contributed by atoms with Crippen LogP contribution in [-0.4, -0.2) is 11.8 Å². The van der Waals surface area contributed by atoms with Gasteiger partial charge in [-0.3, -0.25) is 14.9 Å². The van der Waals surface area contributed by atoms with Crippen LogP contribution in [0.15, 0.2) is 35.5 Å². The van der Waals surface area contributed by atoms with Crippen LogP contribution in [0.5, 0.6) is 0 Å². The van der Waals surface area contributed by atoms with Crippen LogP contribution in [0.2, 0.25) is 0 Å². The van der Waals surface area contributed by atoms with Crippen LogP contribution in [0.3, 0.4) is 0 Å². The van der Waals surface area contributed by atoms with Crippen molar-refractivity contribution in [3.05, 3.63) is 41.4 Å². The van der Waals surface area contributed by atoms with E-state index in [4.69, 9.17) is 0 Å². The van der Waals surface area contributed by atoms with Gasteiger partial charge in [-0.25, -0.2) is 0 Å². The van der Waals surface area contributed by atoms with Gasteiger partial charge in [0.05, 0.1) is 0 Å². The molecule has 21 heavy (non-hydrogen) atoms. The number of rotatable bonds is 2. The maximum Gasteiger partial charge on any atom is 0.226 e. The molecule has 1 N–H and O–H groups in total. The third kappa shape index (κ3) is 5.65. The molecule has 0 aromatic carbocycles. The van der Waals surface area contributed by atoms with Crippen molar-refractivity contribution in [1.29, 1.82) is 0 Å². The molecular weight excluding hydrogens is 436 g/mol. The Morgan fingerprint density at radius 1 is 1.24 bits per heavy atom. The molecule has 2 aliphatic rings. The van der Waals surface area contributed by atoms with Crippen LogP contribution in [0, 0.1) is 11.8 Å². The Bertz CT molecular complexity index is 463. The van der Waals surface area contributed by atoms with Crippen LogP contribution in [-0.2, 0) is 30.0 Å². The molecule has 1 unspecified atom stereocenters. The Hall–Kier alpha value is -1.11. The maximum atomic E-state index is 11.8. The molecular formula is C17H24NO2Re-. The third-order valence-electron chi connectivity index (χ3n) is 3.35. The van der Waals surface area contributed by atoms with Crippen LogP contribution in [0.4, 0.5) is 0 Å². The van der Waals surface area contributed by atoms with Gasteiger partial charge in [-0.05, 0) is 6.42 Å². The number of piperidine rings is 1. The molecule has 1 radical (unpaired) electrons. The quantitative estimate of drug-likeness (QED) is 0.507. The van der Waals surface area contributed by atoms with Gasteiger partial charge in [0, 0.05) is 32.8 Å². The van der Waals surface area contributed by atoms with E-state index in [2.05, 4.69) is 24.4 Å². The summed E-state index contributed by atoms with van der Waals surface area (Å²) in [6, 6.07) is 0. The first kappa shape index (κ1) is 19.9. The zero-order valence-corrected chi connectivity index (χ0v) is 15.9.